The van der Waals surface area contributed by atoms with Gasteiger partial charge in [0.05, 0.1) is 15.9 Å². The normalized spacial score (nSPS) is 10.6. The number of aryl methyl sites for hydroxylation is 1. The van der Waals surface area contributed by atoms with Crippen LogP contribution in [-0.2, 0) is 15.9 Å². The molecule has 1 aromatic rings. The first-order valence-corrected chi connectivity index (χ1v) is 5.04. The summed E-state index contributed by atoms with van der Waals surface area (Å²) in [6.07, 6.45) is 0. The second kappa shape index (κ2) is 5.60. The Labute approximate surface area is 121 Å². The fourth-order valence-electron chi connectivity index (χ4n) is 0.888. The SMILES string of the molecule is Cc1ccc(CS(=O)(=O)[O-])cc1.[K+]. The third kappa shape index (κ3) is 5.95. The second-order valence-electron chi connectivity index (χ2n) is 2.69. The summed E-state index contributed by atoms with van der Waals surface area (Å²) in [4.78, 5) is 0. The molecule has 0 aliphatic carbocycles. The maximum Gasteiger partial charge on any atom is 1.00 e. The zero-order chi connectivity index (χ0) is 9.19. The van der Waals surface area contributed by atoms with E-state index in [1.807, 2.05) is 6.92 Å². The number of benzene rings is 1. The molecule has 0 aliphatic rings. The van der Waals surface area contributed by atoms with Gasteiger partial charge in [-0.05, 0) is 12.5 Å². The Morgan fingerprint density at radius 2 is 1.69 bits per heavy atom. The molecule has 0 fully saturated rings. The average Bonchev–Trinajstić information content (AvgIpc) is 1.91. The van der Waals surface area contributed by atoms with Crippen molar-refractivity contribution in [1.29, 1.82) is 0 Å². The number of hydrogen-bond acceptors (Lipinski definition) is 3. The molecule has 3 nitrogen and oxygen atoms in total. The minimum Gasteiger partial charge on any atom is -0.748 e. The monoisotopic (exact) mass is 224 g/mol. The van der Waals surface area contributed by atoms with Crippen LogP contribution in [0.15, 0.2) is 24.3 Å². The molecule has 1 aromatic carbocycles. The molecule has 1 rings (SSSR count). The van der Waals surface area contributed by atoms with Crippen LogP contribution in [0.3, 0.4) is 0 Å². The molecule has 0 bridgehead atoms. The van der Waals surface area contributed by atoms with Gasteiger partial charge in [0.15, 0.2) is 0 Å². The molecular weight excluding hydrogens is 215 g/mol. The van der Waals surface area contributed by atoms with Gasteiger partial charge < -0.3 is 4.55 Å². The first kappa shape index (κ1) is 13.8. The van der Waals surface area contributed by atoms with E-state index in [4.69, 9.17) is 0 Å². The van der Waals surface area contributed by atoms with Gasteiger partial charge in [-0.1, -0.05) is 29.8 Å². The molecule has 66 valence electrons. The zero-order valence-electron chi connectivity index (χ0n) is 7.65. The molecule has 0 saturated carbocycles. The maximum absolute atomic E-state index is 10.3. The summed E-state index contributed by atoms with van der Waals surface area (Å²) in [5.74, 6) is -0.423. The van der Waals surface area contributed by atoms with E-state index in [1.165, 1.54) is 0 Å². The van der Waals surface area contributed by atoms with Crippen LogP contribution in [-0.4, -0.2) is 13.0 Å². The Hall–Kier alpha value is 0.766. The summed E-state index contributed by atoms with van der Waals surface area (Å²) in [5, 5.41) is 0. The Bertz CT molecular complexity index is 355. The van der Waals surface area contributed by atoms with Gasteiger partial charge in [0, 0.05) is 0 Å². The summed E-state index contributed by atoms with van der Waals surface area (Å²) in [5.41, 5.74) is 1.58. The van der Waals surface area contributed by atoms with Crippen LogP contribution < -0.4 is 51.4 Å². The molecule has 0 aliphatic heterocycles. The molecule has 13 heavy (non-hydrogen) atoms. The molecule has 0 spiro atoms. The minimum atomic E-state index is -4.14. The van der Waals surface area contributed by atoms with Gasteiger partial charge in [-0.3, -0.25) is 0 Å². The van der Waals surface area contributed by atoms with Crippen LogP contribution in [0.1, 0.15) is 11.1 Å². The van der Waals surface area contributed by atoms with E-state index >= 15 is 0 Å². The summed E-state index contributed by atoms with van der Waals surface area (Å²) in [6, 6.07) is 6.84. The Kier molecular flexibility index (Phi) is 5.93. The summed E-state index contributed by atoms with van der Waals surface area (Å²) >= 11 is 0. The number of hydrogen-bond donors (Lipinski definition) is 0. The fraction of sp³-hybridized carbons (Fsp3) is 0.250. The van der Waals surface area contributed by atoms with Crippen LogP contribution in [0.5, 0.6) is 0 Å². The van der Waals surface area contributed by atoms with Crippen molar-refractivity contribution in [3.8, 4) is 0 Å². The molecule has 0 amide bonds. The largest absolute Gasteiger partial charge is 1.00 e. The third-order valence-corrected chi connectivity index (χ3v) is 2.15. The van der Waals surface area contributed by atoms with Crippen molar-refractivity contribution < 1.29 is 64.4 Å². The first-order valence-electron chi connectivity index (χ1n) is 3.46. The van der Waals surface area contributed by atoms with E-state index in [0.717, 1.165) is 5.56 Å². The Balaban J connectivity index is 0.00000144. The van der Waals surface area contributed by atoms with Gasteiger partial charge in [0.25, 0.3) is 0 Å². The smallest absolute Gasteiger partial charge is 0.748 e. The van der Waals surface area contributed by atoms with Crippen molar-refractivity contribution in [3.05, 3.63) is 35.4 Å². The standard InChI is InChI=1S/C8H10O3S.K/c1-7-2-4-8(5-3-7)6-12(9,10)11;/h2-5H,6H2,1H3,(H,9,10,11);/q;+1/p-1. The third-order valence-electron chi connectivity index (χ3n) is 1.46. The fourth-order valence-corrected chi connectivity index (χ4v) is 1.49. The molecule has 0 unspecified atom stereocenters. The van der Waals surface area contributed by atoms with Crippen LogP contribution in [0.2, 0.25) is 0 Å². The quantitative estimate of drug-likeness (QED) is 0.433. The van der Waals surface area contributed by atoms with E-state index < -0.39 is 15.9 Å². The Morgan fingerprint density at radius 1 is 1.23 bits per heavy atom. The predicted octanol–water partition coefficient (Wildman–Crippen LogP) is -1.96. The van der Waals surface area contributed by atoms with Gasteiger partial charge >= 0.3 is 51.4 Å². The van der Waals surface area contributed by atoms with Crippen molar-refractivity contribution in [2.75, 3.05) is 0 Å². The van der Waals surface area contributed by atoms with Crippen molar-refractivity contribution in [2.45, 2.75) is 12.7 Å². The van der Waals surface area contributed by atoms with Crippen LogP contribution in [0, 0.1) is 6.92 Å². The van der Waals surface area contributed by atoms with Gasteiger partial charge in [-0.15, -0.1) is 0 Å². The molecule has 0 saturated heterocycles. The van der Waals surface area contributed by atoms with E-state index in [2.05, 4.69) is 0 Å². The van der Waals surface area contributed by atoms with Gasteiger partial charge in [-0.25, -0.2) is 8.42 Å². The average molecular weight is 224 g/mol. The summed E-state index contributed by atoms with van der Waals surface area (Å²) in [7, 11) is -4.14. The van der Waals surface area contributed by atoms with Crippen molar-refractivity contribution >= 4 is 10.1 Å². The molecular formula is C8H9KO3S. The molecule has 5 heteroatoms. The van der Waals surface area contributed by atoms with Crippen molar-refractivity contribution in [3.63, 3.8) is 0 Å². The van der Waals surface area contributed by atoms with Crippen LogP contribution in [0.4, 0.5) is 0 Å². The second-order valence-corrected chi connectivity index (χ2v) is 4.09. The number of rotatable bonds is 2. The van der Waals surface area contributed by atoms with E-state index in [0.29, 0.717) is 5.56 Å². The van der Waals surface area contributed by atoms with Crippen LogP contribution >= 0.6 is 0 Å². The van der Waals surface area contributed by atoms with Gasteiger partial charge in [0.2, 0.25) is 0 Å². The zero-order valence-corrected chi connectivity index (χ0v) is 11.6. The topological polar surface area (TPSA) is 57.2 Å². The van der Waals surface area contributed by atoms with E-state index in [1.54, 1.807) is 24.3 Å². The molecule has 0 N–H and O–H groups in total. The van der Waals surface area contributed by atoms with E-state index in [9.17, 15) is 13.0 Å². The summed E-state index contributed by atoms with van der Waals surface area (Å²) in [6.45, 7) is 1.90. The van der Waals surface area contributed by atoms with Gasteiger partial charge in [0.1, 0.15) is 0 Å². The Morgan fingerprint density at radius 3 is 2.08 bits per heavy atom. The van der Waals surface area contributed by atoms with Crippen molar-refractivity contribution in [1.82, 2.24) is 0 Å². The minimum absolute atomic E-state index is 0. The van der Waals surface area contributed by atoms with Crippen LogP contribution in [0.25, 0.3) is 0 Å². The van der Waals surface area contributed by atoms with Crippen molar-refractivity contribution in [2.24, 2.45) is 0 Å². The molecule has 0 heterocycles. The first-order chi connectivity index (χ1) is 5.47. The van der Waals surface area contributed by atoms with Gasteiger partial charge in [-0.2, -0.15) is 0 Å². The summed E-state index contributed by atoms with van der Waals surface area (Å²) < 4.78 is 31.0. The predicted molar refractivity (Wildman–Crippen MR) is 44.6 cm³/mol. The van der Waals surface area contributed by atoms with E-state index in [-0.39, 0.29) is 51.4 Å². The maximum atomic E-state index is 10.3. The molecule has 0 aromatic heterocycles. The molecule has 0 atom stereocenters. The molecule has 0 radical (unpaired) electrons.